The number of hydrogen-bond donors (Lipinski definition) is 0. The third-order valence-corrected chi connectivity index (χ3v) is 6.23. The third-order valence-electron chi connectivity index (χ3n) is 6.23. The Bertz CT molecular complexity index is 445. The highest BCUT2D eigenvalue weighted by Gasteiger charge is 2.39. The molecule has 4 nitrogen and oxygen atoms in total. The highest BCUT2D eigenvalue weighted by molar-refractivity contribution is 5.99. The van der Waals surface area contributed by atoms with Gasteiger partial charge in [0, 0.05) is 0 Å². The van der Waals surface area contributed by atoms with Crippen molar-refractivity contribution in [1.82, 2.24) is 0 Å². The number of hydrogen-bond acceptors (Lipinski definition) is 4. The van der Waals surface area contributed by atoms with Gasteiger partial charge in [-0.05, 0) is 26.7 Å². The number of carbonyl (C=O) groups excluding carboxylic acids is 2. The van der Waals surface area contributed by atoms with Crippen LogP contribution in [0, 0.1) is 5.41 Å². The maximum absolute atomic E-state index is 12.3. The molecule has 0 unspecified atom stereocenters. The van der Waals surface area contributed by atoms with Gasteiger partial charge in [0.25, 0.3) is 0 Å². The first-order valence-corrected chi connectivity index (χ1v) is 13.8. The van der Waals surface area contributed by atoms with Crippen LogP contribution in [0.4, 0.5) is 0 Å². The van der Waals surface area contributed by atoms with E-state index in [0.29, 0.717) is 13.2 Å². The van der Waals surface area contributed by atoms with E-state index in [0.717, 1.165) is 25.7 Å². The molecule has 0 aromatic carbocycles. The quantitative estimate of drug-likeness (QED) is 0.0881. The normalized spacial score (nSPS) is 11.5. The van der Waals surface area contributed by atoms with Crippen LogP contribution in [0.2, 0.25) is 0 Å². The molecule has 0 aliphatic heterocycles. The lowest BCUT2D eigenvalue weighted by Crippen LogP contribution is -2.37. The topological polar surface area (TPSA) is 52.6 Å². The summed E-state index contributed by atoms with van der Waals surface area (Å²) in [6, 6.07) is 0. The highest BCUT2D eigenvalue weighted by Crippen LogP contribution is 2.20. The molecule has 0 atom stereocenters. The number of ether oxygens (including phenoxy) is 2. The molecule has 0 heterocycles. The highest BCUT2D eigenvalue weighted by atomic mass is 16.6. The fourth-order valence-electron chi connectivity index (χ4n) is 3.78. The van der Waals surface area contributed by atoms with Crippen molar-refractivity contribution in [1.29, 1.82) is 0 Å². The Morgan fingerprint density at radius 1 is 0.469 bits per heavy atom. The Labute approximate surface area is 199 Å². The lowest BCUT2D eigenvalue weighted by atomic mass is 9.94. The molecular weight excluding hydrogens is 400 g/mol. The maximum atomic E-state index is 12.3. The van der Waals surface area contributed by atoms with Crippen molar-refractivity contribution in [2.45, 2.75) is 150 Å². The van der Waals surface area contributed by atoms with Crippen molar-refractivity contribution in [3.8, 4) is 0 Å². The van der Waals surface area contributed by atoms with Crippen LogP contribution in [0.3, 0.4) is 0 Å². The fourth-order valence-corrected chi connectivity index (χ4v) is 3.78. The summed E-state index contributed by atoms with van der Waals surface area (Å²) in [5.41, 5.74) is -1.22. The van der Waals surface area contributed by atoms with Gasteiger partial charge in [0.05, 0.1) is 13.2 Å². The number of rotatable bonds is 23. The summed E-state index contributed by atoms with van der Waals surface area (Å²) >= 11 is 0. The van der Waals surface area contributed by atoms with Gasteiger partial charge in [0.15, 0.2) is 5.41 Å². The Morgan fingerprint density at radius 2 is 0.719 bits per heavy atom. The first-order chi connectivity index (χ1) is 15.5. The van der Waals surface area contributed by atoms with E-state index in [1.54, 1.807) is 13.8 Å². The van der Waals surface area contributed by atoms with E-state index in [1.807, 2.05) is 0 Å². The van der Waals surface area contributed by atoms with Gasteiger partial charge < -0.3 is 9.47 Å². The van der Waals surface area contributed by atoms with Crippen LogP contribution in [-0.4, -0.2) is 25.2 Å². The lowest BCUT2D eigenvalue weighted by molar-refractivity contribution is -0.169. The molecule has 0 aromatic heterocycles. The van der Waals surface area contributed by atoms with Gasteiger partial charge in [0.2, 0.25) is 0 Å². The van der Waals surface area contributed by atoms with E-state index in [4.69, 9.17) is 9.47 Å². The first-order valence-electron chi connectivity index (χ1n) is 13.8. The molecule has 0 aliphatic carbocycles. The SMILES string of the molecule is CCCCCCCCCCCCCCCOC(=O)C(C)(C)C(=O)OCCCCCCCC. The Balaban J connectivity index is 3.61. The molecule has 32 heavy (non-hydrogen) atoms. The fraction of sp³-hybridized carbons (Fsp3) is 0.929. The van der Waals surface area contributed by atoms with Crippen LogP contribution in [-0.2, 0) is 19.1 Å². The average Bonchev–Trinajstić information content (AvgIpc) is 2.78. The molecule has 0 spiro atoms. The van der Waals surface area contributed by atoms with Crippen molar-refractivity contribution < 1.29 is 19.1 Å². The molecule has 0 aliphatic rings. The molecule has 0 saturated carbocycles. The van der Waals surface area contributed by atoms with E-state index in [-0.39, 0.29) is 0 Å². The summed E-state index contributed by atoms with van der Waals surface area (Å²) in [5, 5.41) is 0. The molecule has 190 valence electrons. The van der Waals surface area contributed by atoms with Gasteiger partial charge in [-0.15, -0.1) is 0 Å². The summed E-state index contributed by atoms with van der Waals surface area (Å²) in [6.45, 7) is 8.44. The third kappa shape index (κ3) is 17.5. The first kappa shape index (κ1) is 30.9. The molecular formula is C28H54O4. The van der Waals surface area contributed by atoms with E-state index in [1.165, 1.54) is 96.3 Å². The summed E-state index contributed by atoms with van der Waals surface area (Å²) in [7, 11) is 0. The van der Waals surface area contributed by atoms with Gasteiger partial charge in [-0.1, -0.05) is 123 Å². The maximum Gasteiger partial charge on any atom is 0.322 e. The van der Waals surface area contributed by atoms with Crippen molar-refractivity contribution in [2.24, 2.45) is 5.41 Å². The summed E-state index contributed by atoms with van der Waals surface area (Å²) in [5.74, 6) is -0.939. The summed E-state index contributed by atoms with van der Waals surface area (Å²) in [4.78, 5) is 24.6. The minimum Gasteiger partial charge on any atom is -0.465 e. The molecule has 0 bridgehead atoms. The number of esters is 2. The van der Waals surface area contributed by atoms with E-state index < -0.39 is 17.4 Å². The second-order valence-corrected chi connectivity index (χ2v) is 9.91. The van der Waals surface area contributed by atoms with Gasteiger partial charge in [-0.3, -0.25) is 9.59 Å². The van der Waals surface area contributed by atoms with Crippen molar-refractivity contribution in [3.05, 3.63) is 0 Å². The monoisotopic (exact) mass is 454 g/mol. The Kier molecular flexibility index (Phi) is 21.0. The van der Waals surface area contributed by atoms with Gasteiger partial charge in [0.1, 0.15) is 0 Å². The summed E-state index contributed by atoms with van der Waals surface area (Å²) in [6.07, 6.45) is 23.6. The zero-order valence-electron chi connectivity index (χ0n) is 22.0. The molecule has 0 saturated heterocycles. The zero-order valence-corrected chi connectivity index (χ0v) is 22.0. The predicted octanol–water partition coefficient (Wildman–Crippen LogP) is 8.55. The second-order valence-electron chi connectivity index (χ2n) is 9.91. The smallest absolute Gasteiger partial charge is 0.322 e. The van der Waals surface area contributed by atoms with Crippen molar-refractivity contribution in [2.75, 3.05) is 13.2 Å². The molecule has 0 radical (unpaired) electrons. The molecule has 0 aromatic rings. The van der Waals surface area contributed by atoms with Crippen LogP contribution in [0.25, 0.3) is 0 Å². The van der Waals surface area contributed by atoms with Crippen LogP contribution >= 0.6 is 0 Å². The number of carbonyl (C=O) groups is 2. The molecule has 0 N–H and O–H groups in total. The van der Waals surface area contributed by atoms with Gasteiger partial charge in [-0.25, -0.2) is 0 Å². The van der Waals surface area contributed by atoms with Crippen molar-refractivity contribution >= 4 is 11.9 Å². The molecule has 4 heteroatoms. The number of unbranched alkanes of at least 4 members (excludes halogenated alkanes) is 17. The average molecular weight is 455 g/mol. The standard InChI is InChI=1S/C28H54O4/c1-5-7-9-11-13-14-15-16-17-18-19-21-23-25-32-27(30)28(3,4)26(29)31-24-22-20-12-10-8-6-2/h5-25H2,1-4H3. The second kappa shape index (κ2) is 21.8. The minimum atomic E-state index is -1.22. The van der Waals surface area contributed by atoms with Gasteiger partial charge >= 0.3 is 11.9 Å². The summed E-state index contributed by atoms with van der Waals surface area (Å²) < 4.78 is 10.7. The Morgan fingerprint density at radius 3 is 1.00 bits per heavy atom. The largest absolute Gasteiger partial charge is 0.465 e. The van der Waals surface area contributed by atoms with E-state index in [9.17, 15) is 9.59 Å². The lowest BCUT2D eigenvalue weighted by Gasteiger charge is -2.20. The molecule has 0 fully saturated rings. The van der Waals surface area contributed by atoms with E-state index in [2.05, 4.69) is 13.8 Å². The predicted molar refractivity (Wildman–Crippen MR) is 135 cm³/mol. The Hall–Kier alpha value is -1.06. The van der Waals surface area contributed by atoms with E-state index >= 15 is 0 Å². The molecule has 0 rings (SSSR count). The zero-order chi connectivity index (χ0) is 23.9. The van der Waals surface area contributed by atoms with Crippen LogP contribution in [0.15, 0.2) is 0 Å². The van der Waals surface area contributed by atoms with Crippen LogP contribution in [0.1, 0.15) is 150 Å². The van der Waals surface area contributed by atoms with Crippen molar-refractivity contribution in [3.63, 3.8) is 0 Å². The van der Waals surface area contributed by atoms with Crippen LogP contribution < -0.4 is 0 Å². The molecule has 0 amide bonds. The van der Waals surface area contributed by atoms with Crippen LogP contribution in [0.5, 0.6) is 0 Å². The van der Waals surface area contributed by atoms with Gasteiger partial charge in [-0.2, -0.15) is 0 Å². The minimum absolute atomic E-state index is 0.389.